The summed E-state index contributed by atoms with van der Waals surface area (Å²) in [6.45, 7) is 9.95. The summed E-state index contributed by atoms with van der Waals surface area (Å²) in [5.74, 6) is 4.55. The standard InChI is InChI=1S/C25H42O3/c1-15(5-8-22(27)28)19-6-7-20-23-16(2)13-17-14-18(26)9-11-24(17,3)21(23)10-12-25(19,20)4/h15-21,23,26H,5-14H2,1-4H3,(H,27,28)/t15-,16?,17-,18+,19-,20?,21?,23?,24+,25-/m1/s1. The van der Waals surface area contributed by atoms with E-state index in [-0.39, 0.29) is 6.10 Å². The number of hydrogen-bond acceptors (Lipinski definition) is 2. The molecule has 4 saturated carbocycles. The molecule has 0 heterocycles. The summed E-state index contributed by atoms with van der Waals surface area (Å²) in [6.07, 6.45) is 11.0. The monoisotopic (exact) mass is 390 g/mol. The van der Waals surface area contributed by atoms with Crippen molar-refractivity contribution in [1.29, 1.82) is 0 Å². The van der Waals surface area contributed by atoms with Gasteiger partial charge in [-0.15, -0.1) is 0 Å². The minimum absolute atomic E-state index is 0.0679. The van der Waals surface area contributed by atoms with E-state index in [2.05, 4.69) is 27.7 Å². The summed E-state index contributed by atoms with van der Waals surface area (Å²) < 4.78 is 0. The van der Waals surface area contributed by atoms with E-state index in [0.29, 0.717) is 35.0 Å². The molecule has 10 atom stereocenters. The van der Waals surface area contributed by atoms with Crippen molar-refractivity contribution in [2.45, 2.75) is 98.0 Å². The van der Waals surface area contributed by atoms with Crippen molar-refractivity contribution in [3.05, 3.63) is 0 Å². The fraction of sp³-hybridized carbons (Fsp3) is 0.960. The number of carbonyl (C=O) groups is 1. The van der Waals surface area contributed by atoms with E-state index in [1.807, 2.05) is 0 Å². The summed E-state index contributed by atoms with van der Waals surface area (Å²) in [5, 5.41) is 19.4. The van der Waals surface area contributed by atoms with Gasteiger partial charge in [-0.2, -0.15) is 0 Å². The Bertz CT molecular complexity index is 603. The van der Waals surface area contributed by atoms with Crippen LogP contribution in [0.1, 0.15) is 91.9 Å². The fourth-order valence-corrected chi connectivity index (χ4v) is 9.14. The van der Waals surface area contributed by atoms with Crippen molar-refractivity contribution in [1.82, 2.24) is 0 Å². The maximum Gasteiger partial charge on any atom is 0.303 e. The Labute approximate surface area is 171 Å². The summed E-state index contributed by atoms with van der Waals surface area (Å²) >= 11 is 0. The third kappa shape index (κ3) is 3.15. The van der Waals surface area contributed by atoms with Crippen LogP contribution >= 0.6 is 0 Å². The van der Waals surface area contributed by atoms with Crippen LogP contribution < -0.4 is 0 Å². The minimum Gasteiger partial charge on any atom is -0.481 e. The fourth-order valence-electron chi connectivity index (χ4n) is 9.14. The van der Waals surface area contributed by atoms with Crippen LogP contribution in [0.5, 0.6) is 0 Å². The maximum absolute atomic E-state index is 11.1. The Balaban J connectivity index is 1.55. The van der Waals surface area contributed by atoms with Crippen molar-refractivity contribution in [3.63, 3.8) is 0 Å². The number of aliphatic hydroxyl groups excluding tert-OH is 1. The lowest BCUT2D eigenvalue weighted by Crippen LogP contribution is -2.56. The molecule has 0 aromatic carbocycles. The second-order valence-electron chi connectivity index (χ2n) is 11.8. The Morgan fingerprint density at radius 2 is 1.71 bits per heavy atom. The van der Waals surface area contributed by atoms with Gasteiger partial charge in [-0.05, 0) is 110 Å². The molecule has 0 bridgehead atoms. The van der Waals surface area contributed by atoms with Crippen LogP contribution in [0.4, 0.5) is 0 Å². The van der Waals surface area contributed by atoms with Gasteiger partial charge < -0.3 is 10.2 Å². The van der Waals surface area contributed by atoms with E-state index < -0.39 is 5.97 Å². The van der Waals surface area contributed by atoms with Gasteiger partial charge in [0.25, 0.3) is 0 Å². The molecule has 0 radical (unpaired) electrons. The lowest BCUT2D eigenvalue weighted by molar-refractivity contribution is -0.150. The molecule has 0 aliphatic heterocycles. The number of carboxylic acid groups (broad SMARTS) is 1. The van der Waals surface area contributed by atoms with Gasteiger partial charge >= 0.3 is 5.97 Å². The zero-order valence-corrected chi connectivity index (χ0v) is 18.5. The molecule has 3 heteroatoms. The predicted molar refractivity (Wildman–Crippen MR) is 112 cm³/mol. The normalized spacial score (nSPS) is 51.7. The average Bonchev–Trinajstić information content (AvgIpc) is 2.98. The second kappa shape index (κ2) is 7.29. The van der Waals surface area contributed by atoms with Crippen molar-refractivity contribution in [3.8, 4) is 0 Å². The third-order valence-electron chi connectivity index (χ3n) is 10.6. The van der Waals surface area contributed by atoms with Gasteiger partial charge in [0.05, 0.1) is 6.10 Å². The molecule has 0 aromatic rings. The van der Waals surface area contributed by atoms with E-state index >= 15 is 0 Å². The first-order valence-corrected chi connectivity index (χ1v) is 12.1. The second-order valence-corrected chi connectivity index (χ2v) is 11.8. The van der Waals surface area contributed by atoms with Crippen molar-refractivity contribution in [2.24, 2.45) is 52.3 Å². The van der Waals surface area contributed by atoms with Crippen LogP contribution in [0.2, 0.25) is 0 Å². The molecule has 4 fully saturated rings. The van der Waals surface area contributed by atoms with E-state index in [1.54, 1.807) is 0 Å². The number of aliphatic hydroxyl groups is 1. The molecular weight excluding hydrogens is 348 g/mol. The highest BCUT2D eigenvalue weighted by molar-refractivity contribution is 5.66. The number of hydrogen-bond donors (Lipinski definition) is 2. The third-order valence-corrected chi connectivity index (χ3v) is 10.6. The smallest absolute Gasteiger partial charge is 0.303 e. The Kier molecular flexibility index (Phi) is 5.39. The van der Waals surface area contributed by atoms with Crippen LogP contribution in [0.3, 0.4) is 0 Å². The number of fused-ring (bicyclic) bond motifs is 5. The molecule has 160 valence electrons. The SMILES string of the molecule is CC1C[C@@H]2C[C@@H](O)CC[C@]2(C)C2CC[C@@]3(C)C(CC[C@@H]3[C@H](C)CCC(=O)O)C12. The quantitative estimate of drug-likeness (QED) is 0.642. The Morgan fingerprint density at radius 3 is 2.43 bits per heavy atom. The first-order valence-electron chi connectivity index (χ1n) is 12.1. The molecule has 3 nitrogen and oxygen atoms in total. The van der Waals surface area contributed by atoms with Gasteiger partial charge in [-0.3, -0.25) is 4.79 Å². The van der Waals surface area contributed by atoms with Gasteiger partial charge in [-0.1, -0.05) is 27.7 Å². The molecule has 0 saturated heterocycles. The zero-order chi connectivity index (χ0) is 20.3. The molecule has 2 N–H and O–H groups in total. The van der Waals surface area contributed by atoms with Crippen LogP contribution in [0.25, 0.3) is 0 Å². The van der Waals surface area contributed by atoms with E-state index in [0.717, 1.165) is 42.9 Å². The molecule has 4 aliphatic rings. The highest BCUT2D eigenvalue weighted by atomic mass is 16.4. The first-order chi connectivity index (χ1) is 13.2. The lowest BCUT2D eigenvalue weighted by Gasteiger charge is -2.63. The van der Waals surface area contributed by atoms with Gasteiger partial charge in [0.15, 0.2) is 0 Å². The summed E-state index contributed by atoms with van der Waals surface area (Å²) in [4.78, 5) is 11.1. The molecule has 28 heavy (non-hydrogen) atoms. The van der Waals surface area contributed by atoms with Gasteiger partial charge in [0.1, 0.15) is 0 Å². The van der Waals surface area contributed by atoms with Crippen molar-refractivity contribution < 1.29 is 15.0 Å². The Hall–Kier alpha value is -0.570. The molecule has 0 amide bonds. The number of carboxylic acids is 1. The summed E-state index contributed by atoms with van der Waals surface area (Å²) in [5.41, 5.74) is 0.843. The molecule has 4 aliphatic carbocycles. The van der Waals surface area contributed by atoms with Crippen LogP contribution in [-0.2, 0) is 4.79 Å². The van der Waals surface area contributed by atoms with Gasteiger partial charge in [0, 0.05) is 6.42 Å². The largest absolute Gasteiger partial charge is 0.481 e. The summed E-state index contributed by atoms with van der Waals surface area (Å²) in [6, 6.07) is 0. The van der Waals surface area contributed by atoms with Gasteiger partial charge in [-0.25, -0.2) is 0 Å². The van der Waals surface area contributed by atoms with Gasteiger partial charge in [0.2, 0.25) is 0 Å². The lowest BCUT2D eigenvalue weighted by atomic mass is 9.42. The summed E-state index contributed by atoms with van der Waals surface area (Å²) in [7, 11) is 0. The van der Waals surface area contributed by atoms with E-state index in [1.165, 1.54) is 38.5 Å². The maximum atomic E-state index is 11.1. The number of aliphatic carboxylic acids is 1. The molecular formula is C25H42O3. The van der Waals surface area contributed by atoms with E-state index in [4.69, 9.17) is 5.11 Å². The zero-order valence-electron chi connectivity index (χ0n) is 18.5. The highest BCUT2D eigenvalue weighted by Crippen LogP contribution is 2.69. The Morgan fingerprint density at radius 1 is 1.04 bits per heavy atom. The molecule has 4 rings (SSSR count). The topological polar surface area (TPSA) is 57.5 Å². The highest BCUT2D eigenvalue weighted by Gasteiger charge is 2.62. The number of rotatable bonds is 4. The van der Waals surface area contributed by atoms with Crippen LogP contribution in [-0.4, -0.2) is 22.3 Å². The molecule has 0 aromatic heterocycles. The van der Waals surface area contributed by atoms with Crippen molar-refractivity contribution >= 4 is 5.97 Å². The first kappa shape index (κ1) is 20.7. The van der Waals surface area contributed by atoms with Crippen LogP contribution in [0, 0.1) is 52.3 Å². The molecule has 4 unspecified atom stereocenters. The predicted octanol–water partition coefficient (Wildman–Crippen LogP) is 5.75. The van der Waals surface area contributed by atoms with E-state index in [9.17, 15) is 9.90 Å². The minimum atomic E-state index is -0.644. The average molecular weight is 391 g/mol. The van der Waals surface area contributed by atoms with Crippen molar-refractivity contribution in [2.75, 3.05) is 0 Å². The van der Waals surface area contributed by atoms with Crippen LogP contribution in [0.15, 0.2) is 0 Å². The molecule has 0 spiro atoms.